The highest BCUT2D eigenvalue weighted by molar-refractivity contribution is 5.83. The van der Waals surface area contributed by atoms with Crippen LogP contribution in [-0.2, 0) is 5.41 Å². The Labute approximate surface area is 361 Å². The van der Waals surface area contributed by atoms with Crippen LogP contribution in [0.2, 0.25) is 0 Å². The SMILES string of the molecule is c1ccc(-c2nc(-c3cccc(-c4cccc(-c5ccc6c(c5)Oc5ccccc5C6(c5ccccc5)c5ccccc5)c4)c3)nc(-c3ccccc3-c3ccccc3)n2)cc1. The van der Waals surface area contributed by atoms with Crippen LogP contribution < -0.4 is 4.74 Å². The van der Waals surface area contributed by atoms with Crippen molar-refractivity contribution >= 4 is 0 Å². The van der Waals surface area contributed by atoms with Crippen molar-refractivity contribution in [3.05, 3.63) is 259 Å². The zero-order valence-corrected chi connectivity index (χ0v) is 33.8. The largest absolute Gasteiger partial charge is 0.457 e. The van der Waals surface area contributed by atoms with Gasteiger partial charge in [0.1, 0.15) is 11.5 Å². The van der Waals surface area contributed by atoms with Crippen molar-refractivity contribution in [2.75, 3.05) is 0 Å². The van der Waals surface area contributed by atoms with Crippen LogP contribution in [0, 0.1) is 0 Å². The lowest BCUT2D eigenvalue weighted by atomic mass is 9.63. The van der Waals surface area contributed by atoms with Crippen molar-refractivity contribution in [3.63, 3.8) is 0 Å². The lowest BCUT2D eigenvalue weighted by Crippen LogP contribution is -2.34. The van der Waals surface area contributed by atoms with E-state index >= 15 is 0 Å². The third kappa shape index (κ3) is 6.55. The van der Waals surface area contributed by atoms with Crippen LogP contribution in [0.3, 0.4) is 0 Å². The van der Waals surface area contributed by atoms with Crippen molar-refractivity contribution in [2.45, 2.75) is 5.41 Å². The van der Waals surface area contributed by atoms with Gasteiger partial charge in [0.05, 0.1) is 5.41 Å². The number of ether oxygens (including phenoxy) is 1. The minimum atomic E-state index is -0.563. The summed E-state index contributed by atoms with van der Waals surface area (Å²) in [6.07, 6.45) is 0. The zero-order valence-electron chi connectivity index (χ0n) is 33.8. The highest BCUT2D eigenvalue weighted by Gasteiger charge is 2.45. The molecule has 0 fully saturated rings. The van der Waals surface area contributed by atoms with E-state index in [9.17, 15) is 0 Å². The second-order valence-corrected chi connectivity index (χ2v) is 15.5. The molecule has 0 N–H and O–H groups in total. The molecule has 1 aliphatic rings. The smallest absolute Gasteiger partial charge is 0.164 e. The van der Waals surface area contributed by atoms with Gasteiger partial charge in [0.15, 0.2) is 17.5 Å². The van der Waals surface area contributed by atoms with E-state index in [1.165, 1.54) is 11.1 Å². The molecule has 1 aliphatic heterocycles. The van der Waals surface area contributed by atoms with Gasteiger partial charge in [-0.05, 0) is 68.8 Å². The Morgan fingerprint density at radius 3 is 1.35 bits per heavy atom. The molecular weight excluding hydrogens is 755 g/mol. The Bertz CT molecular complexity index is 3160. The number of nitrogens with zero attached hydrogens (tertiary/aromatic N) is 3. The summed E-state index contributed by atoms with van der Waals surface area (Å²) in [5.74, 6) is 3.57. The maximum absolute atomic E-state index is 6.81. The lowest BCUT2D eigenvalue weighted by molar-refractivity contribution is 0.435. The number of para-hydroxylation sites is 1. The molecule has 4 nitrogen and oxygen atoms in total. The molecule has 4 heteroatoms. The number of hydrogen-bond donors (Lipinski definition) is 0. The molecule has 2 heterocycles. The van der Waals surface area contributed by atoms with Crippen LogP contribution in [0.25, 0.3) is 67.5 Å². The Hall–Kier alpha value is -8.21. The van der Waals surface area contributed by atoms with Crippen molar-refractivity contribution in [3.8, 4) is 79.0 Å². The van der Waals surface area contributed by atoms with Crippen LogP contribution in [0.1, 0.15) is 22.3 Å². The number of benzene rings is 9. The minimum Gasteiger partial charge on any atom is -0.457 e. The van der Waals surface area contributed by atoms with Gasteiger partial charge in [0, 0.05) is 27.8 Å². The van der Waals surface area contributed by atoms with Crippen molar-refractivity contribution < 1.29 is 4.74 Å². The molecule has 62 heavy (non-hydrogen) atoms. The number of fused-ring (bicyclic) bond motifs is 2. The quantitative estimate of drug-likeness (QED) is 0.154. The summed E-state index contributed by atoms with van der Waals surface area (Å²) in [7, 11) is 0. The molecule has 0 radical (unpaired) electrons. The summed E-state index contributed by atoms with van der Waals surface area (Å²) < 4.78 is 6.81. The second kappa shape index (κ2) is 15.8. The summed E-state index contributed by atoms with van der Waals surface area (Å²) in [4.78, 5) is 15.3. The third-order valence-electron chi connectivity index (χ3n) is 11.9. The summed E-state index contributed by atoms with van der Waals surface area (Å²) in [5, 5.41) is 0. The molecule has 11 rings (SSSR count). The van der Waals surface area contributed by atoms with Crippen LogP contribution in [0.4, 0.5) is 0 Å². The van der Waals surface area contributed by atoms with E-state index in [0.29, 0.717) is 17.5 Å². The highest BCUT2D eigenvalue weighted by atomic mass is 16.5. The Balaban J connectivity index is 0.998. The molecule has 0 aliphatic carbocycles. The molecule has 0 amide bonds. The normalized spacial score (nSPS) is 12.5. The minimum absolute atomic E-state index is 0.563. The summed E-state index contributed by atoms with van der Waals surface area (Å²) in [6, 6.07) is 82.7. The predicted octanol–water partition coefficient (Wildman–Crippen LogP) is 14.4. The van der Waals surface area contributed by atoms with Gasteiger partial charge >= 0.3 is 0 Å². The summed E-state index contributed by atoms with van der Waals surface area (Å²) >= 11 is 0. The highest BCUT2D eigenvalue weighted by Crippen LogP contribution is 2.55. The first-order valence-corrected chi connectivity index (χ1v) is 20.9. The topological polar surface area (TPSA) is 47.9 Å². The van der Waals surface area contributed by atoms with Crippen LogP contribution in [-0.4, -0.2) is 15.0 Å². The molecule has 9 aromatic carbocycles. The third-order valence-corrected chi connectivity index (χ3v) is 11.9. The molecule has 0 saturated carbocycles. The van der Waals surface area contributed by atoms with E-state index in [-0.39, 0.29) is 0 Å². The fraction of sp³-hybridized carbons (Fsp3) is 0.0172. The maximum atomic E-state index is 6.81. The monoisotopic (exact) mass is 793 g/mol. The first-order valence-electron chi connectivity index (χ1n) is 20.9. The predicted molar refractivity (Wildman–Crippen MR) is 251 cm³/mol. The Kier molecular flexibility index (Phi) is 9.36. The fourth-order valence-electron chi connectivity index (χ4n) is 9.00. The van der Waals surface area contributed by atoms with Gasteiger partial charge in [-0.1, -0.05) is 212 Å². The fourth-order valence-corrected chi connectivity index (χ4v) is 9.00. The van der Waals surface area contributed by atoms with Crippen molar-refractivity contribution in [1.29, 1.82) is 0 Å². The molecule has 0 saturated heterocycles. The van der Waals surface area contributed by atoms with Gasteiger partial charge < -0.3 is 4.74 Å². The van der Waals surface area contributed by atoms with Crippen molar-refractivity contribution in [2.24, 2.45) is 0 Å². The van der Waals surface area contributed by atoms with Gasteiger partial charge in [0.25, 0.3) is 0 Å². The standard InChI is InChI=1S/C58H39N3O/c1-5-19-40(20-6-1)49-31-13-14-32-50(49)57-60-55(41-21-7-2-8-22-41)59-56(61-57)46-26-18-25-44(38-46)42-23-17-24-43(37-42)45-35-36-52-54(39-45)62-53-34-16-15-33-51(53)58(52,47-27-9-3-10-28-47)48-29-11-4-12-30-48/h1-39H. The van der Waals surface area contributed by atoms with Gasteiger partial charge in [-0.2, -0.15) is 0 Å². The number of aromatic nitrogens is 3. The van der Waals surface area contributed by atoms with E-state index < -0.39 is 5.41 Å². The van der Waals surface area contributed by atoms with E-state index in [2.05, 4.69) is 194 Å². The molecule has 0 atom stereocenters. The molecule has 10 aromatic rings. The molecule has 0 unspecified atom stereocenters. The average molecular weight is 794 g/mol. The molecule has 1 aromatic heterocycles. The van der Waals surface area contributed by atoms with Crippen LogP contribution in [0.5, 0.6) is 11.5 Å². The first kappa shape index (κ1) is 36.8. The zero-order chi connectivity index (χ0) is 41.3. The maximum Gasteiger partial charge on any atom is 0.164 e. The first-order chi connectivity index (χ1) is 30.7. The summed E-state index contributed by atoms with van der Waals surface area (Å²) in [6.45, 7) is 0. The second-order valence-electron chi connectivity index (χ2n) is 15.5. The van der Waals surface area contributed by atoms with Crippen LogP contribution in [0.15, 0.2) is 237 Å². The number of hydrogen-bond acceptors (Lipinski definition) is 4. The van der Waals surface area contributed by atoms with Gasteiger partial charge in [0.2, 0.25) is 0 Å². The molecule has 0 spiro atoms. The lowest BCUT2D eigenvalue weighted by Gasteiger charge is -2.41. The average Bonchev–Trinajstić information content (AvgIpc) is 3.36. The molecule has 0 bridgehead atoms. The molecule has 292 valence electrons. The summed E-state index contributed by atoms with van der Waals surface area (Å²) in [5.41, 5.74) is 13.3. The van der Waals surface area contributed by atoms with Gasteiger partial charge in [-0.3, -0.25) is 0 Å². The van der Waals surface area contributed by atoms with Crippen molar-refractivity contribution in [1.82, 2.24) is 15.0 Å². The molecular formula is C58H39N3O. The van der Waals surface area contributed by atoms with E-state index in [4.69, 9.17) is 19.7 Å². The van der Waals surface area contributed by atoms with E-state index in [1.807, 2.05) is 42.5 Å². The van der Waals surface area contributed by atoms with Gasteiger partial charge in [-0.15, -0.1) is 0 Å². The van der Waals surface area contributed by atoms with Gasteiger partial charge in [-0.25, -0.2) is 15.0 Å². The van der Waals surface area contributed by atoms with E-state index in [0.717, 1.165) is 72.7 Å². The number of rotatable bonds is 8. The Morgan fingerprint density at radius 1 is 0.274 bits per heavy atom. The van der Waals surface area contributed by atoms with E-state index in [1.54, 1.807) is 0 Å². The van der Waals surface area contributed by atoms with Crippen LogP contribution >= 0.6 is 0 Å². The Morgan fingerprint density at radius 2 is 0.710 bits per heavy atom.